The molecule has 6 heteroatoms. The van der Waals surface area contributed by atoms with Crippen molar-refractivity contribution in [2.24, 2.45) is 0 Å². The predicted molar refractivity (Wildman–Crippen MR) is 48.2 cm³/mol. The quantitative estimate of drug-likeness (QED) is 0.776. The Labute approximate surface area is 81.6 Å². The van der Waals surface area contributed by atoms with Gasteiger partial charge in [-0.15, -0.1) is 0 Å². The van der Waals surface area contributed by atoms with Gasteiger partial charge in [0.1, 0.15) is 10.9 Å². The third kappa shape index (κ3) is 1.55. The summed E-state index contributed by atoms with van der Waals surface area (Å²) in [5.74, 6) is 0.568. The second-order valence-electron chi connectivity index (χ2n) is 3.38. The molecule has 78 valence electrons. The molecule has 1 unspecified atom stereocenters. The molecule has 0 spiro atoms. The van der Waals surface area contributed by atoms with E-state index in [1.807, 2.05) is 0 Å². The third-order valence-electron chi connectivity index (χ3n) is 2.39. The van der Waals surface area contributed by atoms with Gasteiger partial charge in [0, 0.05) is 6.07 Å². The topological polar surface area (TPSA) is 80.4 Å². The van der Waals surface area contributed by atoms with Crippen LogP contribution in [-0.4, -0.2) is 24.4 Å². The van der Waals surface area contributed by atoms with E-state index >= 15 is 0 Å². The van der Waals surface area contributed by atoms with Crippen molar-refractivity contribution < 1.29 is 18.0 Å². The Morgan fingerprint density at radius 1 is 1.64 bits per heavy atom. The lowest BCUT2D eigenvalue weighted by atomic mass is 10.2. The van der Waals surface area contributed by atoms with E-state index in [-0.39, 0.29) is 12.4 Å². The van der Waals surface area contributed by atoms with Crippen LogP contribution in [0.2, 0.25) is 0 Å². The molecule has 14 heavy (non-hydrogen) atoms. The lowest BCUT2D eigenvalue weighted by Gasteiger charge is -2.02. The van der Waals surface area contributed by atoms with Crippen LogP contribution in [0.25, 0.3) is 0 Å². The minimum atomic E-state index is -3.05. The van der Waals surface area contributed by atoms with Gasteiger partial charge in [-0.05, 0) is 12.8 Å². The van der Waals surface area contributed by atoms with Crippen molar-refractivity contribution in [3.05, 3.63) is 17.5 Å². The SMILES string of the molecule is O=S1(=O)CCCC1c1cc(CO)no1. The first-order valence-corrected chi connectivity index (χ1v) is 6.13. The number of aliphatic hydroxyl groups is 1. The molecule has 0 radical (unpaired) electrons. The normalized spacial score (nSPS) is 25.4. The van der Waals surface area contributed by atoms with Crippen molar-refractivity contribution in [1.29, 1.82) is 0 Å². The van der Waals surface area contributed by atoms with Crippen LogP contribution in [0.15, 0.2) is 10.6 Å². The molecule has 0 aromatic carbocycles. The molecule has 2 rings (SSSR count). The molecule has 2 heterocycles. The third-order valence-corrected chi connectivity index (χ3v) is 4.58. The number of aliphatic hydroxyl groups excluding tert-OH is 1. The second kappa shape index (κ2) is 3.36. The maximum absolute atomic E-state index is 11.5. The van der Waals surface area contributed by atoms with E-state index in [4.69, 9.17) is 9.63 Å². The number of rotatable bonds is 2. The zero-order chi connectivity index (χ0) is 10.2. The van der Waals surface area contributed by atoms with Crippen LogP contribution in [0.5, 0.6) is 0 Å². The summed E-state index contributed by atoms with van der Waals surface area (Å²) >= 11 is 0. The first kappa shape index (κ1) is 9.67. The molecule has 0 saturated carbocycles. The van der Waals surface area contributed by atoms with E-state index in [0.29, 0.717) is 24.3 Å². The van der Waals surface area contributed by atoms with Gasteiger partial charge in [0.15, 0.2) is 15.6 Å². The smallest absolute Gasteiger partial charge is 0.160 e. The highest BCUT2D eigenvalue weighted by Crippen LogP contribution is 2.34. The van der Waals surface area contributed by atoms with E-state index in [2.05, 4.69) is 5.16 Å². The molecule has 0 amide bonds. The minimum absolute atomic E-state index is 0.215. The predicted octanol–water partition coefficient (Wildman–Crippen LogP) is 0.417. The summed E-state index contributed by atoms with van der Waals surface area (Å²) in [7, 11) is -3.05. The lowest BCUT2D eigenvalue weighted by Crippen LogP contribution is -2.06. The Bertz CT molecular complexity index is 422. The maximum atomic E-state index is 11.5. The number of nitrogens with zero attached hydrogens (tertiary/aromatic N) is 1. The summed E-state index contributed by atoms with van der Waals surface area (Å²) in [6.07, 6.45) is 1.25. The number of hydrogen-bond acceptors (Lipinski definition) is 5. The standard InChI is InChI=1S/C8H11NO4S/c10-5-6-4-7(13-9-6)8-2-1-3-14(8,11)12/h4,8,10H,1-3,5H2. The molecule has 1 aliphatic heterocycles. The van der Waals surface area contributed by atoms with E-state index in [0.717, 1.165) is 0 Å². The molecule has 0 bridgehead atoms. The molecule has 1 aromatic heterocycles. The number of hydrogen-bond donors (Lipinski definition) is 1. The van der Waals surface area contributed by atoms with E-state index in [1.54, 1.807) is 0 Å². The van der Waals surface area contributed by atoms with Crippen molar-refractivity contribution >= 4 is 9.84 Å². The Morgan fingerprint density at radius 3 is 2.93 bits per heavy atom. The van der Waals surface area contributed by atoms with Gasteiger partial charge >= 0.3 is 0 Å². The van der Waals surface area contributed by atoms with Crippen molar-refractivity contribution in [1.82, 2.24) is 5.16 Å². The Kier molecular flexibility index (Phi) is 2.32. The summed E-state index contributed by atoms with van der Waals surface area (Å²) in [6.45, 7) is -0.226. The van der Waals surface area contributed by atoms with Crippen LogP contribution in [0, 0.1) is 0 Å². The Hall–Kier alpha value is -0.880. The first-order chi connectivity index (χ1) is 6.63. The van der Waals surface area contributed by atoms with Gasteiger partial charge in [-0.1, -0.05) is 5.16 Å². The molecular weight excluding hydrogens is 206 g/mol. The Balaban J connectivity index is 2.31. The van der Waals surface area contributed by atoms with Gasteiger partial charge in [0.2, 0.25) is 0 Å². The Morgan fingerprint density at radius 2 is 2.43 bits per heavy atom. The highest BCUT2D eigenvalue weighted by molar-refractivity contribution is 7.91. The molecule has 1 saturated heterocycles. The van der Waals surface area contributed by atoms with Gasteiger partial charge in [-0.2, -0.15) is 0 Å². The van der Waals surface area contributed by atoms with E-state index < -0.39 is 15.1 Å². The van der Waals surface area contributed by atoms with Crippen molar-refractivity contribution in [3.63, 3.8) is 0 Å². The highest BCUT2D eigenvalue weighted by Gasteiger charge is 2.35. The summed E-state index contributed by atoms with van der Waals surface area (Å²) in [4.78, 5) is 0. The molecule has 5 nitrogen and oxygen atoms in total. The van der Waals surface area contributed by atoms with Crippen LogP contribution in [-0.2, 0) is 16.4 Å². The molecule has 1 atom stereocenters. The van der Waals surface area contributed by atoms with Gasteiger partial charge < -0.3 is 9.63 Å². The number of aromatic nitrogens is 1. The fourth-order valence-electron chi connectivity index (χ4n) is 1.67. The van der Waals surface area contributed by atoms with E-state index in [9.17, 15) is 8.42 Å². The fraction of sp³-hybridized carbons (Fsp3) is 0.625. The fourth-order valence-corrected chi connectivity index (χ4v) is 3.51. The van der Waals surface area contributed by atoms with Crippen molar-refractivity contribution in [2.75, 3.05) is 5.75 Å². The number of sulfone groups is 1. The molecule has 1 aromatic rings. The first-order valence-electron chi connectivity index (χ1n) is 4.41. The minimum Gasteiger partial charge on any atom is -0.390 e. The van der Waals surface area contributed by atoms with Gasteiger partial charge in [-0.25, -0.2) is 8.42 Å². The zero-order valence-electron chi connectivity index (χ0n) is 7.51. The van der Waals surface area contributed by atoms with E-state index in [1.165, 1.54) is 6.07 Å². The average Bonchev–Trinajstić information content (AvgIpc) is 2.70. The van der Waals surface area contributed by atoms with Gasteiger partial charge in [-0.3, -0.25) is 0 Å². The van der Waals surface area contributed by atoms with Crippen molar-refractivity contribution in [3.8, 4) is 0 Å². The molecule has 1 N–H and O–H groups in total. The summed E-state index contributed by atoms with van der Waals surface area (Å²) < 4.78 is 27.9. The molecular formula is C8H11NO4S. The highest BCUT2D eigenvalue weighted by atomic mass is 32.2. The molecule has 0 aliphatic carbocycles. The summed E-state index contributed by atoms with van der Waals surface area (Å²) in [5.41, 5.74) is 0.377. The van der Waals surface area contributed by atoms with Crippen LogP contribution < -0.4 is 0 Å². The summed E-state index contributed by atoms with van der Waals surface area (Å²) in [5, 5.41) is 11.7. The van der Waals surface area contributed by atoms with Crippen LogP contribution in [0.4, 0.5) is 0 Å². The zero-order valence-corrected chi connectivity index (χ0v) is 8.33. The second-order valence-corrected chi connectivity index (χ2v) is 5.68. The van der Waals surface area contributed by atoms with Gasteiger partial charge in [0.25, 0.3) is 0 Å². The average molecular weight is 217 g/mol. The largest absolute Gasteiger partial charge is 0.390 e. The maximum Gasteiger partial charge on any atom is 0.160 e. The summed E-state index contributed by atoms with van der Waals surface area (Å²) in [6, 6.07) is 1.51. The van der Waals surface area contributed by atoms with Crippen LogP contribution in [0.1, 0.15) is 29.5 Å². The van der Waals surface area contributed by atoms with Crippen molar-refractivity contribution in [2.45, 2.75) is 24.7 Å². The van der Waals surface area contributed by atoms with Gasteiger partial charge in [0.05, 0.1) is 12.4 Å². The molecule has 1 aliphatic rings. The van der Waals surface area contributed by atoms with Crippen LogP contribution >= 0.6 is 0 Å². The van der Waals surface area contributed by atoms with Crippen LogP contribution in [0.3, 0.4) is 0 Å². The molecule has 1 fully saturated rings. The monoisotopic (exact) mass is 217 g/mol. The lowest BCUT2D eigenvalue weighted by molar-refractivity contribution is 0.265.